The van der Waals surface area contributed by atoms with Crippen LogP contribution in [0.2, 0.25) is 0 Å². The molecular weight excluding hydrogens is 306 g/mol. The van der Waals surface area contributed by atoms with Gasteiger partial charge < -0.3 is 9.64 Å². The molecule has 7 heteroatoms. The Morgan fingerprint density at radius 3 is 2.18 bits per heavy atom. The summed E-state index contributed by atoms with van der Waals surface area (Å²) in [5, 5.41) is 0. The zero-order chi connectivity index (χ0) is 16.9. The smallest absolute Gasteiger partial charge is 0.330 e. The predicted molar refractivity (Wildman–Crippen MR) is 81.9 cm³/mol. The lowest BCUT2D eigenvalue weighted by atomic mass is 10.1. The maximum Gasteiger partial charge on any atom is 0.330 e. The lowest BCUT2D eigenvalue weighted by molar-refractivity contribution is -0.135. The molecule has 0 saturated carbocycles. The molecule has 0 spiro atoms. The number of sulfone groups is 1. The molecule has 120 valence electrons. The number of carbonyl (C=O) groups excluding carboxylic acids is 2. The average molecular weight is 325 g/mol. The number of methoxy groups -OCH3 is 1. The molecule has 22 heavy (non-hydrogen) atoms. The van der Waals surface area contributed by atoms with Crippen molar-refractivity contribution in [1.82, 2.24) is 4.90 Å². The second-order valence-electron chi connectivity index (χ2n) is 4.82. The normalized spacial score (nSPS) is 12.9. The number of rotatable bonds is 5. The molecule has 1 aromatic rings. The summed E-state index contributed by atoms with van der Waals surface area (Å²) in [6.07, 6.45) is 3.32. The van der Waals surface area contributed by atoms with Gasteiger partial charge in [0.15, 0.2) is 9.84 Å². The first-order chi connectivity index (χ1) is 10.2. The maximum atomic E-state index is 11.9. The van der Waals surface area contributed by atoms with Gasteiger partial charge in [-0.05, 0) is 24.6 Å². The average Bonchev–Trinajstić information content (AvgIpc) is 2.49. The lowest BCUT2D eigenvalue weighted by Gasteiger charge is -2.24. The van der Waals surface area contributed by atoms with Gasteiger partial charge in [-0.3, -0.25) is 4.79 Å². The molecule has 0 aliphatic carbocycles. The van der Waals surface area contributed by atoms with E-state index in [1.54, 1.807) is 26.1 Å². The number of carbonyl (C=O) groups is 2. The summed E-state index contributed by atoms with van der Waals surface area (Å²) >= 11 is 0. The minimum Gasteiger partial charge on any atom is -0.466 e. The van der Waals surface area contributed by atoms with Gasteiger partial charge in [0.2, 0.25) is 5.91 Å². The van der Waals surface area contributed by atoms with E-state index in [4.69, 9.17) is 0 Å². The van der Waals surface area contributed by atoms with E-state index in [1.165, 1.54) is 24.1 Å². The first kappa shape index (κ1) is 17.9. The van der Waals surface area contributed by atoms with Gasteiger partial charge in [0.25, 0.3) is 0 Å². The Labute approximate surface area is 130 Å². The van der Waals surface area contributed by atoms with Crippen LogP contribution in [0.3, 0.4) is 0 Å². The molecule has 0 N–H and O–H groups in total. The van der Waals surface area contributed by atoms with Gasteiger partial charge in [-0.15, -0.1) is 0 Å². The Kier molecular flexibility index (Phi) is 5.87. The van der Waals surface area contributed by atoms with Crippen LogP contribution in [0.15, 0.2) is 41.3 Å². The first-order valence-corrected chi connectivity index (χ1v) is 8.38. The molecule has 0 radical (unpaired) electrons. The van der Waals surface area contributed by atoms with Crippen LogP contribution >= 0.6 is 0 Å². The second-order valence-corrected chi connectivity index (χ2v) is 6.84. The molecule has 0 aliphatic heterocycles. The number of hydrogen-bond acceptors (Lipinski definition) is 5. The van der Waals surface area contributed by atoms with Crippen molar-refractivity contribution in [3.63, 3.8) is 0 Å². The van der Waals surface area contributed by atoms with Crippen LogP contribution in [-0.2, 0) is 24.2 Å². The van der Waals surface area contributed by atoms with Crippen molar-refractivity contribution >= 4 is 21.7 Å². The summed E-state index contributed by atoms with van der Waals surface area (Å²) in [5.74, 6) is -0.961. The van der Waals surface area contributed by atoms with Gasteiger partial charge in [-0.25, -0.2) is 13.2 Å². The van der Waals surface area contributed by atoms with Gasteiger partial charge in [0.05, 0.1) is 18.0 Å². The minimum absolute atomic E-state index is 0.225. The highest BCUT2D eigenvalue weighted by molar-refractivity contribution is 7.90. The van der Waals surface area contributed by atoms with Gasteiger partial charge in [-0.2, -0.15) is 0 Å². The van der Waals surface area contributed by atoms with Gasteiger partial charge >= 0.3 is 5.97 Å². The van der Waals surface area contributed by atoms with Crippen LogP contribution in [-0.4, -0.2) is 45.6 Å². The van der Waals surface area contributed by atoms with Crippen molar-refractivity contribution in [1.29, 1.82) is 0 Å². The van der Waals surface area contributed by atoms with Crippen LogP contribution in [0.1, 0.15) is 18.5 Å². The van der Waals surface area contributed by atoms with E-state index in [0.29, 0.717) is 0 Å². The van der Waals surface area contributed by atoms with Gasteiger partial charge in [0, 0.05) is 25.5 Å². The number of benzene rings is 1. The van der Waals surface area contributed by atoms with Crippen LogP contribution in [0, 0.1) is 0 Å². The highest BCUT2D eigenvalue weighted by Crippen LogP contribution is 2.21. The Balaban J connectivity index is 2.86. The molecule has 0 fully saturated rings. The maximum absolute atomic E-state index is 11.9. The summed E-state index contributed by atoms with van der Waals surface area (Å²) in [6.45, 7) is 1.80. The predicted octanol–water partition coefficient (Wildman–Crippen LogP) is 1.34. The fourth-order valence-electron chi connectivity index (χ4n) is 1.73. The Morgan fingerprint density at radius 2 is 1.73 bits per heavy atom. The molecule has 0 aliphatic rings. The zero-order valence-electron chi connectivity index (χ0n) is 12.9. The van der Waals surface area contributed by atoms with Crippen LogP contribution in [0.4, 0.5) is 0 Å². The van der Waals surface area contributed by atoms with Crippen LogP contribution in [0.5, 0.6) is 0 Å². The highest BCUT2D eigenvalue weighted by atomic mass is 32.2. The molecule has 1 amide bonds. The number of amides is 1. The fraction of sp³-hybridized carbons (Fsp3) is 0.333. The lowest BCUT2D eigenvalue weighted by Crippen LogP contribution is -2.28. The van der Waals surface area contributed by atoms with E-state index < -0.39 is 15.8 Å². The molecule has 0 bridgehead atoms. The number of nitrogens with zero attached hydrogens (tertiary/aromatic N) is 1. The monoisotopic (exact) mass is 325 g/mol. The zero-order valence-corrected chi connectivity index (χ0v) is 13.8. The molecule has 0 heterocycles. The largest absolute Gasteiger partial charge is 0.466 e. The molecule has 1 atom stereocenters. The first-order valence-electron chi connectivity index (χ1n) is 6.49. The minimum atomic E-state index is -3.25. The van der Waals surface area contributed by atoms with E-state index in [0.717, 1.165) is 24.0 Å². The summed E-state index contributed by atoms with van der Waals surface area (Å²) < 4.78 is 27.2. The number of ether oxygens (including phenoxy) is 1. The van der Waals surface area contributed by atoms with E-state index in [9.17, 15) is 18.0 Å². The highest BCUT2D eigenvalue weighted by Gasteiger charge is 2.16. The molecule has 0 aromatic heterocycles. The van der Waals surface area contributed by atoms with Crippen molar-refractivity contribution in [2.45, 2.75) is 17.9 Å². The molecule has 1 rings (SSSR count). The van der Waals surface area contributed by atoms with E-state index in [2.05, 4.69) is 4.74 Å². The molecule has 1 aromatic carbocycles. The number of esters is 1. The van der Waals surface area contributed by atoms with Crippen LogP contribution < -0.4 is 0 Å². The molecule has 1 unspecified atom stereocenters. The van der Waals surface area contributed by atoms with Crippen LogP contribution in [0.25, 0.3) is 0 Å². The van der Waals surface area contributed by atoms with Crippen molar-refractivity contribution < 1.29 is 22.7 Å². The molecule has 6 nitrogen and oxygen atoms in total. The van der Waals surface area contributed by atoms with Crippen molar-refractivity contribution in [2.24, 2.45) is 0 Å². The third kappa shape index (κ3) is 4.70. The SMILES string of the molecule is COC(=O)/C=C/C(=O)N(C)C(C)c1ccc(S(C)(=O)=O)cc1. The summed E-state index contributed by atoms with van der Waals surface area (Å²) in [4.78, 5) is 24.6. The van der Waals surface area contributed by atoms with E-state index >= 15 is 0 Å². The van der Waals surface area contributed by atoms with Gasteiger partial charge in [-0.1, -0.05) is 12.1 Å². The van der Waals surface area contributed by atoms with Crippen molar-refractivity contribution in [3.8, 4) is 0 Å². The third-order valence-electron chi connectivity index (χ3n) is 3.28. The summed E-state index contributed by atoms with van der Waals surface area (Å²) in [5.41, 5.74) is 0.787. The molecular formula is C15H19NO5S. The third-order valence-corrected chi connectivity index (χ3v) is 4.41. The standard InChI is InChI=1S/C15H19NO5S/c1-11(16(2)14(17)9-10-15(18)21-3)12-5-7-13(8-6-12)22(4,19)20/h5-11H,1-4H3/b10-9+. The Morgan fingerprint density at radius 1 is 1.18 bits per heavy atom. The van der Waals surface area contributed by atoms with Crippen molar-refractivity contribution in [3.05, 3.63) is 42.0 Å². The van der Waals surface area contributed by atoms with Crippen molar-refractivity contribution in [2.75, 3.05) is 20.4 Å². The number of hydrogen-bond donors (Lipinski definition) is 0. The summed E-state index contributed by atoms with van der Waals surface area (Å²) in [6, 6.07) is 6.06. The Bertz CT molecular complexity index is 676. The van der Waals surface area contributed by atoms with Gasteiger partial charge in [0.1, 0.15) is 0 Å². The molecule has 0 saturated heterocycles. The quantitative estimate of drug-likeness (QED) is 0.603. The Hall–Kier alpha value is -2.15. The fourth-order valence-corrected chi connectivity index (χ4v) is 2.36. The topological polar surface area (TPSA) is 80.8 Å². The number of likely N-dealkylation sites (N-methyl/N-ethyl adjacent to an activating group) is 1. The van der Waals surface area contributed by atoms with E-state index in [1.807, 2.05) is 0 Å². The summed E-state index contributed by atoms with van der Waals surface area (Å²) in [7, 11) is -0.421. The second kappa shape index (κ2) is 7.22. The van der Waals surface area contributed by atoms with E-state index in [-0.39, 0.29) is 16.8 Å².